The molecule has 4 nitrogen and oxygen atoms in total. The molecule has 4 rings (SSSR count). The number of amides is 1. The van der Waals surface area contributed by atoms with Crippen molar-refractivity contribution in [3.05, 3.63) is 71.4 Å². The van der Waals surface area contributed by atoms with Gasteiger partial charge in [0, 0.05) is 17.1 Å². The van der Waals surface area contributed by atoms with Crippen LogP contribution in [0.2, 0.25) is 0 Å². The van der Waals surface area contributed by atoms with Gasteiger partial charge in [-0.05, 0) is 24.6 Å². The van der Waals surface area contributed by atoms with Crippen molar-refractivity contribution in [2.75, 3.05) is 5.32 Å². The van der Waals surface area contributed by atoms with Gasteiger partial charge in [0.2, 0.25) is 0 Å². The molecule has 1 amide bonds. The van der Waals surface area contributed by atoms with E-state index in [9.17, 15) is 4.79 Å². The lowest BCUT2D eigenvalue weighted by atomic mass is 10.0. The molecule has 2 aromatic carbocycles. The second-order valence-corrected chi connectivity index (χ2v) is 5.47. The van der Waals surface area contributed by atoms with Crippen LogP contribution >= 0.6 is 0 Å². The Morgan fingerprint density at radius 1 is 1.00 bits per heavy atom. The van der Waals surface area contributed by atoms with Crippen LogP contribution in [0.15, 0.2) is 54.7 Å². The minimum atomic E-state index is -0.278. The fourth-order valence-corrected chi connectivity index (χ4v) is 2.95. The molecule has 4 heteroatoms. The van der Waals surface area contributed by atoms with E-state index in [0.717, 1.165) is 27.7 Å². The highest BCUT2D eigenvalue weighted by molar-refractivity contribution is 6.02. The van der Waals surface area contributed by atoms with Crippen molar-refractivity contribution < 1.29 is 4.79 Å². The third-order valence-corrected chi connectivity index (χ3v) is 4.06. The molecule has 1 unspecified atom stereocenters. The van der Waals surface area contributed by atoms with Gasteiger partial charge < -0.3 is 10.6 Å². The molecule has 0 spiro atoms. The Hall–Kier alpha value is -2.88. The highest BCUT2D eigenvalue weighted by Gasteiger charge is 2.26. The molecular formula is C18H15N3O. The maximum absolute atomic E-state index is 12.4. The molecule has 3 aromatic rings. The molecule has 0 saturated carbocycles. The van der Waals surface area contributed by atoms with Gasteiger partial charge >= 0.3 is 0 Å². The average Bonchev–Trinajstić information content (AvgIpc) is 2.55. The molecule has 1 atom stereocenters. The van der Waals surface area contributed by atoms with Crippen molar-refractivity contribution in [1.82, 2.24) is 10.3 Å². The van der Waals surface area contributed by atoms with E-state index < -0.39 is 0 Å². The third kappa shape index (κ3) is 1.92. The molecule has 108 valence electrons. The first-order valence-corrected chi connectivity index (χ1v) is 7.25. The summed E-state index contributed by atoms with van der Waals surface area (Å²) in [6.45, 7) is 2.00. The summed E-state index contributed by atoms with van der Waals surface area (Å²) in [5.74, 6) is -0.0598. The fraction of sp³-hybridized carbons (Fsp3) is 0.111. The summed E-state index contributed by atoms with van der Waals surface area (Å²) in [4.78, 5) is 16.9. The number of nitrogens with zero attached hydrogens (tertiary/aromatic N) is 1. The summed E-state index contributed by atoms with van der Waals surface area (Å²) < 4.78 is 0. The predicted octanol–water partition coefficient (Wildman–Crippen LogP) is 3.40. The van der Waals surface area contributed by atoms with Crippen molar-refractivity contribution in [2.24, 2.45) is 0 Å². The van der Waals surface area contributed by atoms with E-state index in [1.54, 1.807) is 6.20 Å². The van der Waals surface area contributed by atoms with Gasteiger partial charge in [-0.1, -0.05) is 36.4 Å². The number of anilines is 1. The van der Waals surface area contributed by atoms with Crippen LogP contribution < -0.4 is 10.6 Å². The number of hydrogen-bond donors (Lipinski definition) is 2. The predicted molar refractivity (Wildman–Crippen MR) is 86.8 cm³/mol. The Bertz CT molecular complexity index is 883. The molecule has 0 bridgehead atoms. The number of para-hydroxylation sites is 2. The van der Waals surface area contributed by atoms with Crippen molar-refractivity contribution in [3.63, 3.8) is 0 Å². The molecule has 22 heavy (non-hydrogen) atoms. The van der Waals surface area contributed by atoms with E-state index >= 15 is 0 Å². The maximum atomic E-state index is 12.4. The Morgan fingerprint density at radius 3 is 2.73 bits per heavy atom. The van der Waals surface area contributed by atoms with Crippen LogP contribution in [0, 0.1) is 6.92 Å². The minimum absolute atomic E-state index is 0.0598. The first-order chi connectivity index (χ1) is 10.7. The first kappa shape index (κ1) is 12.8. The van der Waals surface area contributed by atoms with E-state index in [1.165, 1.54) is 0 Å². The fourth-order valence-electron chi connectivity index (χ4n) is 2.95. The quantitative estimate of drug-likeness (QED) is 0.722. The van der Waals surface area contributed by atoms with E-state index in [4.69, 9.17) is 0 Å². The molecule has 2 heterocycles. The number of rotatable bonds is 1. The van der Waals surface area contributed by atoms with Crippen LogP contribution in [0.25, 0.3) is 10.9 Å². The van der Waals surface area contributed by atoms with Crippen molar-refractivity contribution >= 4 is 22.5 Å². The highest BCUT2D eigenvalue weighted by Crippen LogP contribution is 2.31. The van der Waals surface area contributed by atoms with Gasteiger partial charge in [0.15, 0.2) is 0 Å². The van der Waals surface area contributed by atoms with Crippen LogP contribution in [0.4, 0.5) is 5.69 Å². The average molecular weight is 289 g/mol. The van der Waals surface area contributed by atoms with Gasteiger partial charge in [-0.15, -0.1) is 0 Å². The zero-order valence-electron chi connectivity index (χ0n) is 12.1. The number of aryl methyl sites for hydroxylation is 1. The van der Waals surface area contributed by atoms with E-state index in [0.29, 0.717) is 5.56 Å². The van der Waals surface area contributed by atoms with Crippen molar-refractivity contribution in [3.8, 4) is 0 Å². The number of carbonyl (C=O) groups excluding carboxylic acids is 1. The minimum Gasteiger partial charge on any atom is -0.361 e. The summed E-state index contributed by atoms with van der Waals surface area (Å²) in [5, 5.41) is 7.51. The van der Waals surface area contributed by atoms with Gasteiger partial charge in [0.05, 0.1) is 16.8 Å². The standard InChI is InChI=1S/C18H15N3O/c1-11-5-2-9-14-15(11)20-17(21-18(14)22)13-8-3-6-12-7-4-10-19-16(12)13/h2-10,17,20H,1H3,(H,21,22). The SMILES string of the molecule is Cc1cccc2c1NC(c1cccc3cccnc13)NC2=O. The van der Waals surface area contributed by atoms with E-state index in [2.05, 4.69) is 15.6 Å². The number of benzene rings is 2. The summed E-state index contributed by atoms with van der Waals surface area (Å²) in [7, 11) is 0. The topological polar surface area (TPSA) is 54.0 Å². The number of aromatic nitrogens is 1. The van der Waals surface area contributed by atoms with Crippen LogP contribution in [0.5, 0.6) is 0 Å². The largest absolute Gasteiger partial charge is 0.361 e. The lowest BCUT2D eigenvalue weighted by Gasteiger charge is -2.29. The molecule has 1 aliphatic heterocycles. The molecule has 0 radical (unpaired) electrons. The number of pyridine rings is 1. The first-order valence-electron chi connectivity index (χ1n) is 7.25. The molecule has 0 saturated heterocycles. The van der Waals surface area contributed by atoms with Gasteiger partial charge in [-0.3, -0.25) is 9.78 Å². The maximum Gasteiger partial charge on any atom is 0.255 e. The van der Waals surface area contributed by atoms with E-state index in [1.807, 2.05) is 55.5 Å². The second kappa shape index (κ2) is 4.84. The Kier molecular flexibility index (Phi) is 2.82. The molecule has 2 N–H and O–H groups in total. The number of nitrogens with one attached hydrogen (secondary N) is 2. The Morgan fingerprint density at radius 2 is 1.82 bits per heavy atom. The summed E-state index contributed by atoms with van der Waals surface area (Å²) in [5.41, 5.74) is 4.51. The molecule has 0 aliphatic carbocycles. The third-order valence-electron chi connectivity index (χ3n) is 4.06. The summed E-state index contributed by atoms with van der Waals surface area (Å²) >= 11 is 0. The smallest absolute Gasteiger partial charge is 0.255 e. The summed E-state index contributed by atoms with van der Waals surface area (Å²) in [6, 6.07) is 15.7. The lowest BCUT2D eigenvalue weighted by molar-refractivity contribution is 0.0936. The van der Waals surface area contributed by atoms with E-state index in [-0.39, 0.29) is 12.1 Å². The molecule has 0 fully saturated rings. The zero-order valence-corrected chi connectivity index (χ0v) is 12.1. The van der Waals surface area contributed by atoms with Crippen molar-refractivity contribution in [2.45, 2.75) is 13.1 Å². The molecule has 1 aliphatic rings. The molecular weight excluding hydrogens is 274 g/mol. The number of hydrogen-bond acceptors (Lipinski definition) is 3. The van der Waals surface area contributed by atoms with Crippen molar-refractivity contribution in [1.29, 1.82) is 0 Å². The van der Waals surface area contributed by atoms with Crippen LogP contribution in [-0.2, 0) is 0 Å². The second-order valence-electron chi connectivity index (χ2n) is 5.47. The summed E-state index contributed by atoms with van der Waals surface area (Å²) in [6.07, 6.45) is 1.50. The van der Waals surface area contributed by atoms with Gasteiger partial charge in [-0.2, -0.15) is 0 Å². The monoisotopic (exact) mass is 289 g/mol. The molecule has 1 aromatic heterocycles. The van der Waals surface area contributed by atoms with Crippen LogP contribution in [0.1, 0.15) is 27.7 Å². The Balaban J connectivity index is 1.84. The number of fused-ring (bicyclic) bond motifs is 2. The van der Waals surface area contributed by atoms with Crippen LogP contribution in [-0.4, -0.2) is 10.9 Å². The normalized spacial score (nSPS) is 16.8. The lowest BCUT2D eigenvalue weighted by Crippen LogP contribution is -2.38. The van der Waals surface area contributed by atoms with Crippen LogP contribution in [0.3, 0.4) is 0 Å². The number of carbonyl (C=O) groups is 1. The Labute approximate surface area is 128 Å². The highest BCUT2D eigenvalue weighted by atomic mass is 16.2. The van der Waals surface area contributed by atoms with Gasteiger partial charge in [0.25, 0.3) is 5.91 Å². The zero-order chi connectivity index (χ0) is 15.1. The van der Waals surface area contributed by atoms with Gasteiger partial charge in [-0.25, -0.2) is 0 Å². The van der Waals surface area contributed by atoms with Gasteiger partial charge in [0.1, 0.15) is 6.17 Å².